The third-order valence-electron chi connectivity index (χ3n) is 2.25. The van der Waals surface area contributed by atoms with Crippen LogP contribution in [0.5, 0.6) is 11.5 Å². The van der Waals surface area contributed by atoms with Crippen molar-refractivity contribution < 1.29 is 19.2 Å². The van der Waals surface area contributed by atoms with Gasteiger partial charge in [0.15, 0.2) is 11.5 Å². The summed E-state index contributed by atoms with van der Waals surface area (Å²) in [7, 11) is 1.44. The first-order valence-electron chi connectivity index (χ1n) is 5.77. The number of carbonyl (C=O) groups excluding carboxylic acids is 1. The van der Waals surface area contributed by atoms with Gasteiger partial charge >= 0.3 is 5.97 Å². The van der Waals surface area contributed by atoms with E-state index in [1.165, 1.54) is 13.2 Å². The molecule has 0 bridgehead atoms. The van der Waals surface area contributed by atoms with Crippen LogP contribution in [0.4, 0.5) is 0 Å². The number of ether oxygens (including phenoxy) is 2. The Balaban J connectivity index is 2.90. The highest BCUT2D eigenvalue weighted by Gasteiger charge is 2.09. The van der Waals surface area contributed by atoms with E-state index in [9.17, 15) is 14.9 Å². The quantitative estimate of drug-likeness (QED) is 0.342. The monoisotopic (exact) mass is 265 g/mol. The lowest BCUT2D eigenvalue weighted by atomic mass is 10.2. The standard InChI is InChI=1S/C13H15NO5/c1-3-4-13(15)19-11-6-5-10(7-8-14(16)17)9-12(11)18-2/h5-9H,3-4H2,1-2H3/b8-7+. The van der Waals surface area contributed by atoms with Crippen LogP contribution in [0.15, 0.2) is 24.4 Å². The molecule has 0 radical (unpaired) electrons. The fourth-order valence-electron chi connectivity index (χ4n) is 1.40. The summed E-state index contributed by atoms with van der Waals surface area (Å²) in [5, 5.41) is 10.2. The van der Waals surface area contributed by atoms with Crippen LogP contribution in [0.25, 0.3) is 6.08 Å². The number of nitrogens with zero attached hydrogens (tertiary/aromatic N) is 1. The minimum absolute atomic E-state index is 0.305. The van der Waals surface area contributed by atoms with Crippen LogP contribution in [0.2, 0.25) is 0 Å². The maximum atomic E-state index is 11.4. The van der Waals surface area contributed by atoms with E-state index in [-0.39, 0.29) is 5.97 Å². The van der Waals surface area contributed by atoms with Crippen molar-refractivity contribution in [2.24, 2.45) is 0 Å². The Labute approximate surface area is 110 Å². The number of methoxy groups -OCH3 is 1. The largest absolute Gasteiger partial charge is 0.493 e. The molecule has 0 heterocycles. The zero-order chi connectivity index (χ0) is 14.3. The predicted octanol–water partition coefficient (Wildman–Crippen LogP) is 2.65. The average molecular weight is 265 g/mol. The van der Waals surface area contributed by atoms with Crippen molar-refractivity contribution in [3.8, 4) is 11.5 Å². The van der Waals surface area contributed by atoms with Gasteiger partial charge in [-0.15, -0.1) is 0 Å². The third-order valence-corrected chi connectivity index (χ3v) is 2.25. The number of hydrogen-bond donors (Lipinski definition) is 0. The number of rotatable bonds is 6. The van der Waals surface area contributed by atoms with Crippen molar-refractivity contribution in [3.05, 3.63) is 40.1 Å². The first-order valence-corrected chi connectivity index (χ1v) is 5.77. The van der Waals surface area contributed by atoms with Crippen LogP contribution in [0.1, 0.15) is 25.3 Å². The molecule has 0 atom stereocenters. The SMILES string of the molecule is CCCC(=O)Oc1ccc(/C=C/[N+](=O)[O-])cc1OC. The van der Waals surface area contributed by atoms with Gasteiger partial charge in [0.1, 0.15) is 0 Å². The fourth-order valence-corrected chi connectivity index (χ4v) is 1.40. The molecule has 1 aromatic carbocycles. The van der Waals surface area contributed by atoms with Crippen molar-refractivity contribution in [3.63, 3.8) is 0 Å². The predicted molar refractivity (Wildman–Crippen MR) is 69.6 cm³/mol. The molecule has 0 amide bonds. The first-order chi connectivity index (χ1) is 9.06. The number of hydrogen-bond acceptors (Lipinski definition) is 5. The Bertz CT molecular complexity index is 496. The fraction of sp³-hybridized carbons (Fsp3) is 0.308. The van der Waals surface area contributed by atoms with E-state index in [0.29, 0.717) is 29.9 Å². The van der Waals surface area contributed by atoms with E-state index >= 15 is 0 Å². The maximum absolute atomic E-state index is 11.4. The van der Waals surface area contributed by atoms with Crippen LogP contribution in [0, 0.1) is 10.1 Å². The summed E-state index contributed by atoms with van der Waals surface area (Å²) in [5.41, 5.74) is 0.587. The van der Waals surface area contributed by atoms with Crippen molar-refractivity contribution in [2.45, 2.75) is 19.8 Å². The second-order valence-corrected chi connectivity index (χ2v) is 3.74. The van der Waals surface area contributed by atoms with Crippen molar-refractivity contribution in [2.75, 3.05) is 7.11 Å². The molecule has 6 heteroatoms. The number of benzene rings is 1. The molecule has 0 saturated heterocycles. The molecule has 0 aromatic heterocycles. The van der Waals surface area contributed by atoms with E-state index < -0.39 is 4.92 Å². The van der Waals surface area contributed by atoms with Gasteiger partial charge < -0.3 is 9.47 Å². The Hall–Kier alpha value is -2.37. The smallest absolute Gasteiger partial charge is 0.311 e. The van der Waals surface area contributed by atoms with Crippen LogP contribution < -0.4 is 9.47 Å². The van der Waals surface area contributed by atoms with Crippen LogP contribution in [0.3, 0.4) is 0 Å². The highest BCUT2D eigenvalue weighted by molar-refractivity contribution is 5.73. The Kier molecular flexibility index (Phi) is 5.53. The second-order valence-electron chi connectivity index (χ2n) is 3.74. The molecule has 0 unspecified atom stereocenters. The van der Waals surface area contributed by atoms with Gasteiger partial charge in [0.05, 0.1) is 12.0 Å². The molecule has 19 heavy (non-hydrogen) atoms. The van der Waals surface area contributed by atoms with Crippen LogP contribution in [-0.2, 0) is 4.79 Å². The Morgan fingerprint density at radius 2 is 2.16 bits per heavy atom. The third kappa shape index (κ3) is 4.79. The highest BCUT2D eigenvalue weighted by Crippen LogP contribution is 2.29. The van der Waals surface area contributed by atoms with Gasteiger partial charge in [0, 0.05) is 12.5 Å². The zero-order valence-corrected chi connectivity index (χ0v) is 10.8. The van der Waals surface area contributed by atoms with Gasteiger partial charge in [-0.1, -0.05) is 13.0 Å². The summed E-state index contributed by atoms with van der Waals surface area (Å²) < 4.78 is 10.2. The normalized spacial score (nSPS) is 10.4. The topological polar surface area (TPSA) is 78.7 Å². The minimum Gasteiger partial charge on any atom is -0.493 e. The lowest BCUT2D eigenvalue weighted by Crippen LogP contribution is -2.07. The first kappa shape index (κ1) is 14.7. The molecule has 0 aliphatic heterocycles. The van der Waals surface area contributed by atoms with Gasteiger partial charge in [-0.2, -0.15) is 0 Å². The van der Waals surface area contributed by atoms with Crippen molar-refractivity contribution in [1.29, 1.82) is 0 Å². The average Bonchev–Trinajstić information content (AvgIpc) is 2.37. The molecule has 0 spiro atoms. The van der Waals surface area contributed by atoms with E-state index in [1.807, 2.05) is 6.92 Å². The molecular formula is C13H15NO5. The summed E-state index contributed by atoms with van der Waals surface area (Å²) in [6.45, 7) is 1.88. The van der Waals surface area contributed by atoms with E-state index in [2.05, 4.69) is 0 Å². The zero-order valence-electron chi connectivity index (χ0n) is 10.8. The van der Waals surface area contributed by atoms with E-state index in [0.717, 1.165) is 6.20 Å². The molecule has 0 aliphatic carbocycles. The van der Waals surface area contributed by atoms with Gasteiger partial charge in [-0.25, -0.2) is 0 Å². The van der Waals surface area contributed by atoms with Crippen LogP contribution >= 0.6 is 0 Å². The summed E-state index contributed by atoms with van der Waals surface area (Å²) in [4.78, 5) is 21.1. The summed E-state index contributed by atoms with van der Waals surface area (Å²) in [6, 6.07) is 4.72. The van der Waals surface area contributed by atoms with E-state index in [4.69, 9.17) is 9.47 Å². The summed E-state index contributed by atoms with van der Waals surface area (Å²) >= 11 is 0. The molecule has 0 N–H and O–H groups in total. The number of carbonyl (C=O) groups is 1. The maximum Gasteiger partial charge on any atom is 0.311 e. The highest BCUT2D eigenvalue weighted by atomic mass is 16.6. The molecule has 0 aliphatic rings. The minimum atomic E-state index is -0.554. The number of nitro groups is 1. The molecular weight excluding hydrogens is 250 g/mol. The molecule has 102 valence electrons. The summed E-state index contributed by atoms with van der Waals surface area (Å²) in [5.74, 6) is 0.323. The van der Waals surface area contributed by atoms with Crippen molar-refractivity contribution in [1.82, 2.24) is 0 Å². The molecule has 0 saturated carbocycles. The molecule has 1 aromatic rings. The second kappa shape index (κ2) is 7.15. The number of esters is 1. The lowest BCUT2D eigenvalue weighted by Gasteiger charge is -2.09. The van der Waals surface area contributed by atoms with Crippen molar-refractivity contribution >= 4 is 12.0 Å². The Morgan fingerprint density at radius 3 is 2.74 bits per heavy atom. The van der Waals surface area contributed by atoms with Gasteiger partial charge in [0.2, 0.25) is 6.20 Å². The van der Waals surface area contributed by atoms with E-state index in [1.54, 1.807) is 18.2 Å². The summed E-state index contributed by atoms with van der Waals surface area (Å²) in [6.07, 6.45) is 3.19. The van der Waals surface area contributed by atoms with Gasteiger partial charge in [-0.05, 0) is 24.1 Å². The molecule has 6 nitrogen and oxygen atoms in total. The Morgan fingerprint density at radius 1 is 1.42 bits per heavy atom. The van der Waals surface area contributed by atoms with Gasteiger partial charge in [-0.3, -0.25) is 14.9 Å². The molecule has 0 fully saturated rings. The lowest BCUT2D eigenvalue weighted by molar-refractivity contribution is -0.400. The molecule has 1 rings (SSSR count). The van der Waals surface area contributed by atoms with Crippen LogP contribution in [-0.4, -0.2) is 18.0 Å². The van der Waals surface area contributed by atoms with Gasteiger partial charge in [0.25, 0.3) is 0 Å².